The predicted molar refractivity (Wildman–Crippen MR) is 116 cm³/mol. The van der Waals surface area contributed by atoms with E-state index in [1.54, 1.807) is 19.1 Å². The number of aromatic nitrogens is 1. The number of nitro benzene ring substituents is 1. The molecular weight excluding hydrogens is 431 g/mol. The highest BCUT2D eigenvalue weighted by molar-refractivity contribution is 5.90. The van der Waals surface area contributed by atoms with Gasteiger partial charge in [-0.1, -0.05) is 6.07 Å². The summed E-state index contributed by atoms with van der Waals surface area (Å²) in [4.78, 5) is 27.3. The van der Waals surface area contributed by atoms with E-state index >= 15 is 0 Å². The fourth-order valence-corrected chi connectivity index (χ4v) is 3.80. The van der Waals surface area contributed by atoms with Gasteiger partial charge in [-0.05, 0) is 56.5 Å². The lowest BCUT2D eigenvalue weighted by Crippen LogP contribution is -2.30. The summed E-state index contributed by atoms with van der Waals surface area (Å²) in [5.41, 5.74) is 1.33. The van der Waals surface area contributed by atoms with Gasteiger partial charge in [0.25, 0.3) is 5.69 Å². The molecule has 1 aliphatic rings. The number of nitro groups is 1. The van der Waals surface area contributed by atoms with E-state index in [4.69, 9.17) is 13.9 Å². The first-order valence-electron chi connectivity index (χ1n) is 10.7. The Hall–Kier alpha value is -3.59. The molecule has 3 aromatic rings. The van der Waals surface area contributed by atoms with Gasteiger partial charge in [-0.3, -0.25) is 10.1 Å². The number of esters is 1. The largest absolute Gasteiger partial charge is 0.459 e. The maximum absolute atomic E-state index is 13.1. The second-order valence-electron chi connectivity index (χ2n) is 7.96. The van der Waals surface area contributed by atoms with E-state index in [1.807, 2.05) is 0 Å². The van der Waals surface area contributed by atoms with Gasteiger partial charge in [0, 0.05) is 24.1 Å². The summed E-state index contributed by atoms with van der Waals surface area (Å²) in [6.07, 6.45) is 2.44. The number of carbonyl (C=O) groups excluding carboxylic acids is 1. The topological polar surface area (TPSA) is 105 Å². The molecule has 0 bridgehead atoms. The van der Waals surface area contributed by atoms with Crippen LogP contribution in [0.4, 0.5) is 10.1 Å². The molecule has 33 heavy (non-hydrogen) atoms. The molecule has 4 rings (SSSR count). The van der Waals surface area contributed by atoms with Crippen LogP contribution in [0.1, 0.15) is 47.5 Å². The maximum Gasteiger partial charge on any atom is 0.338 e. The SMILES string of the molecule is Cc1oc(-c2ccc(F)cc2)nc1COC1CCCC(OC(=O)c2cccc([N+](=O)[O-])c2)C1. The smallest absolute Gasteiger partial charge is 0.338 e. The van der Waals surface area contributed by atoms with Gasteiger partial charge in [-0.2, -0.15) is 0 Å². The summed E-state index contributed by atoms with van der Waals surface area (Å²) in [5.74, 6) is 0.113. The van der Waals surface area contributed by atoms with Crippen LogP contribution in [0.5, 0.6) is 0 Å². The fourth-order valence-electron chi connectivity index (χ4n) is 3.80. The summed E-state index contributed by atoms with van der Waals surface area (Å²) in [6.45, 7) is 2.04. The van der Waals surface area contributed by atoms with Crippen LogP contribution in [-0.4, -0.2) is 28.1 Å². The van der Waals surface area contributed by atoms with Crippen LogP contribution in [0.3, 0.4) is 0 Å². The van der Waals surface area contributed by atoms with E-state index < -0.39 is 10.9 Å². The Morgan fingerprint density at radius 1 is 1.21 bits per heavy atom. The van der Waals surface area contributed by atoms with Crippen LogP contribution in [0.2, 0.25) is 0 Å². The van der Waals surface area contributed by atoms with Crippen molar-refractivity contribution >= 4 is 11.7 Å². The molecule has 172 valence electrons. The Morgan fingerprint density at radius 2 is 1.97 bits per heavy atom. The Labute approximate surface area is 189 Å². The highest BCUT2D eigenvalue weighted by Crippen LogP contribution is 2.27. The minimum atomic E-state index is -0.583. The molecular formula is C24H23FN2O6. The Balaban J connectivity index is 1.33. The molecule has 1 aromatic heterocycles. The number of halogens is 1. The van der Waals surface area contributed by atoms with Gasteiger partial charge in [0.2, 0.25) is 5.89 Å². The number of non-ortho nitro benzene ring substituents is 1. The van der Waals surface area contributed by atoms with Gasteiger partial charge in [0.15, 0.2) is 0 Å². The monoisotopic (exact) mass is 454 g/mol. The van der Waals surface area contributed by atoms with Crippen molar-refractivity contribution in [2.45, 2.75) is 51.4 Å². The minimum Gasteiger partial charge on any atom is -0.459 e. The number of rotatable bonds is 7. The van der Waals surface area contributed by atoms with Crippen LogP contribution in [0.15, 0.2) is 52.9 Å². The van der Waals surface area contributed by atoms with E-state index in [0.29, 0.717) is 35.7 Å². The first-order chi connectivity index (χ1) is 15.9. The number of hydrogen-bond donors (Lipinski definition) is 0. The van der Waals surface area contributed by atoms with Gasteiger partial charge >= 0.3 is 5.97 Å². The summed E-state index contributed by atoms with van der Waals surface area (Å²) < 4.78 is 30.4. The van der Waals surface area contributed by atoms with Crippen LogP contribution in [0, 0.1) is 22.9 Å². The second kappa shape index (κ2) is 9.91. The molecule has 1 heterocycles. The summed E-state index contributed by atoms with van der Waals surface area (Å²) in [6, 6.07) is 11.4. The molecule has 0 aliphatic heterocycles. The quantitative estimate of drug-likeness (QED) is 0.268. The van der Waals surface area contributed by atoms with Crippen LogP contribution in [-0.2, 0) is 16.1 Å². The zero-order valence-corrected chi connectivity index (χ0v) is 18.0. The van der Waals surface area contributed by atoms with E-state index in [1.165, 1.54) is 36.4 Å². The lowest BCUT2D eigenvalue weighted by molar-refractivity contribution is -0.384. The number of hydrogen-bond acceptors (Lipinski definition) is 7. The summed E-state index contributed by atoms with van der Waals surface area (Å²) >= 11 is 0. The van der Waals surface area contributed by atoms with Gasteiger partial charge in [0.1, 0.15) is 23.4 Å². The molecule has 0 saturated heterocycles. The van der Waals surface area contributed by atoms with Gasteiger partial charge in [0.05, 0.1) is 23.2 Å². The molecule has 1 saturated carbocycles. The van der Waals surface area contributed by atoms with Crippen LogP contribution in [0.25, 0.3) is 11.5 Å². The highest BCUT2D eigenvalue weighted by atomic mass is 19.1. The third kappa shape index (κ3) is 5.61. The van der Waals surface area contributed by atoms with Gasteiger partial charge in [-0.25, -0.2) is 14.2 Å². The average molecular weight is 454 g/mol. The molecule has 2 unspecified atom stereocenters. The molecule has 0 amide bonds. The Bertz CT molecular complexity index is 1140. The molecule has 9 heteroatoms. The number of aryl methyl sites for hydroxylation is 1. The maximum atomic E-state index is 13.1. The Morgan fingerprint density at radius 3 is 2.73 bits per heavy atom. The van der Waals surface area contributed by atoms with Crippen molar-refractivity contribution in [2.75, 3.05) is 0 Å². The highest BCUT2D eigenvalue weighted by Gasteiger charge is 2.27. The number of carbonyl (C=O) groups is 1. The van der Waals surface area contributed by atoms with Crippen molar-refractivity contribution in [3.05, 3.63) is 81.5 Å². The summed E-state index contributed by atoms with van der Waals surface area (Å²) in [7, 11) is 0. The third-order valence-corrected chi connectivity index (χ3v) is 5.58. The van der Waals surface area contributed by atoms with Gasteiger partial charge in [-0.15, -0.1) is 0 Å². The molecule has 2 aromatic carbocycles. The number of benzene rings is 2. The lowest BCUT2D eigenvalue weighted by Gasteiger charge is -2.28. The molecule has 1 aliphatic carbocycles. The van der Waals surface area contributed by atoms with Gasteiger partial charge < -0.3 is 13.9 Å². The molecule has 8 nitrogen and oxygen atoms in total. The number of oxazole rings is 1. The molecule has 2 atom stereocenters. The van der Waals surface area contributed by atoms with Crippen LogP contribution >= 0.6 is 0 Å². The predicted octanol–water partition coefficient (Wildman–Crippen LogP) is 5.38. The third-order valence-electron chi connectivity index (χ3n) is 5.58. The van der Waals surface area contributed by atoms with E-state index in [9.17, 15) is 19.3 Å². The van der Waals surface area contributed by atoms with Crippen molar-refractivity contribution in [3.8, 4) is 11.5 Å². The number of ether oxygens (including phenoxy) is 2. The minimum absolute atomic E-state index is 0.118. The zero-order valence-electron chi connectivity index (χ0n) is 18.0. The zero-order chi connectivity index (χ0) is 23.4. The first-order valence-corrected chi connectivity index (χ1v) is 10.7. The molecule has 1 fully saturated rings. The standard InChI is InChI=1S/C24H23FN2O6/c1-15-22(26-23(32-15)16-8-10-18(25)11-9-16)14-31-20-6-3-7-21(13-20)33-24(28)17-4-2-5-19(12-17)27(29)30/h2,4-5,8-12,20-21H,3,6-7,13-14H2,1H3. The molecule has 0 spiro atoms. The van der Waals surface area contributed by atoms with Crippen molar-refractivity contribution in [1.29, 1.82) is 0 Å². The van der Waals surface area contributed by atoms with E-state index in [0.717, 1.165) is 12.8 Å². The van der Waals surface area contributed by atoms with E-state index in [-0.39, 0.29) is 35.9 Å². The van der Waals surface area contributed by atoms with Crippen molar-refractivity contribution in [1.82, 2.24) is 4.98 Å². The van der Waals surface area contributed by atoms with Crippen molar-refractivity contribution in [3.63, 3.8) is 0 Å². The molecule has 0 N–H and O–H groups in total. The Kier molecular flexibility index (Phi) is 6.79. The number of nitrogens with zero attached hydrogens (tertiary/aromatic N) is 2. The molecule has 0 radical (unpaired) electrons. The lowest BCUT2D eigenvalue weighted by atomic mass is 9.94. The van der Waals surface area contributed by atoms with Crippen molar-refractivity contribution < 1.29 is 28.0 Å². The fraction of sp³-hybridized carbons (Fsp3) is 0.333. The average Bonchev–Trinajstić information content (AvgIpc) is 3.19. The summed E-state index contributed by atoms with van der Waals surface area (Å²) in [5, 5.41) is 10.9. The normalized spacial score (nSPS) is 18.1. The second-order valence-corrected chi connectivity index (χ2v) is 7.96. The first kappa shape index (κ1) is 22.6. The van der Waals surface area contributed by atoms with Crippen LogP contribution < -0.4 is 0 Å². The van der Waals surface area contributed by atoms with E-state index in [2.05, 4.69) is 4.98 Å². The van der Waals surface area contributed by atoms with Crippen molar-refractivity contribution in [2.24, 2.45) is 0 Å².